The number of carbonyl (C=O) groups excluding carboxylic acids is 3. The molecule has 0 aromatic heterocycles. The van der Waals surface area contributed by atoms with Crippen LogP contribution in [0, 0.1) is 23.2 Å². The maximum absolute atomic E-state index is 13.0. The number of carbonyl (C=O) groups is 3. The number of amides is 2. The lowest BCUT2D eigenvalue weighted by molar-refractivity contribution is -0.181. The molecule has 4 unspecified atom stereocenters. The summed E-state index contributed by atoms with van der Waals surface area (Å²) in [6.45, 7) is 10.6. The number of ether oxygens (including phenoxy) is 2. The first-order valence-electron chi connectivity index (χ1n) is 11.5. The summed E-state index contributed by atoms with van der Waals surface area (Å²) in [5.74, 6) is -1.99. The number of nitrogens with zero attached hydrogens (tertiary/aromatic N) is 1. The molecule has 7 nitrogen and oxygen atoms in total. The van der Waals surface area contributed by atoms with Crippen molar-refractivity contribution in [3.05, 3.63) is 0 Å². The van der Waals surface area contributed by atoms with E-state index in [1.54, 1.807) is 41.5 Å². The Balaban J connectivity index is 1.90. The maximum Gasteiger partial charge on any atom is 0.407 e. The molecule has 33 heavy (non-hydrogen) atoms. The molecule has 0 spiro atoms. The Kier molecular flexibility index (Phi) is 6.72. The van der Waals surface area contributed by atoms with Crippen molar-refractivity contribution in [2.75, 3.05) is 6.54 Å². The average Bonchev–Trinajstić information content (AvgIpc) is 2.89. The van der Waals surface area contributed by atoms with Gasteiger partial charge in [-0.25, -0.2) is 4.79 Å². The Morgan fingerprint density at radius 1 is 1.00 bits per heavy atom. The smallest absolute Gasteiger partial charge is 0.407 e. The van der Waals surface area contributed by atoms with Crippen LogP contribution < -0.4 is 5.32 Å². The highest BCUT2D eigenvalue weighted by Crippen LogP contribution is 2.50. The lowest BCUT2D eigenvalue weighted by Gasteiger charge is -2.50. The second-order valence-corrected chi connectivity index (χ2v) is 11.7. The number of piperidine rings is 1. The van der Waals surface area contributed by atoms with Crippen molar-refractivity contribution >= 4 is 18.0 Å². The number of alkyl halides is 3. The number of hydrogen-bond acceptors (Lipinski definition) is 5. The van der Waals surface area contributed by atoms with Crippen molar-refractivity contribution in [3.8, 4) is 0 Å². The Labute approximate surface area is 192 Å². The summed E-state index contributed by atoms with van der Waals surface area (Å²) < 4.78 is 50.3. The van der Waals surface area contributed by atoms with Crippen LogP contribution in [0.4, 0.5) is 18.0 Å². The number of nitrogens with one attached hydrogen (secondary N) is 1. The van der Waals surface area contributed by atoms with E-state index in [4.69, 9.17) is 9.47 Å². The Morgan fingerprint density at radius 2 is 1.64 bits per heavy atom. The van der Waals surface area contributed by atoms with Crippen LogP contribution in [0.1, 0.15) is 67.2 Å². The third kappa shape index (κ3) is 6.12. The number of hydrogen-bond donors (Lipinski definition) is 1. The van der Waals surface area contributed by atoms with Gasteiger partial charge in [-0.1, -0.05) is 0 Å². The highest BCUT2D eigenvalue weighted by Gasteiger charge is 2.58. The molecule has 0 radical (unpaired) electrons. The summed E-state index contributed by atoms with van der Waals surface area (Å²) in [6, 6.07) is -0.992. The molecule has 3 aliphatic carbocycles. The van der Waals surface area contributed by atoms with Gasteiger partial charge in [0.25, 0.3) is 0 Å². The molecular formula is C23H35F3N2O5. The lowest BCUT2D eigenvalue weighted by atomic mass is 9.73. The molecule has 3 saturated carbocycles. The summed E-state index contributed by atoms with van der Waals surface area (Å²) >= 11 is 0. The lowest BCUT2D eigenvalue weighted by Crippen LogP contribution is -2.63. The minimum Gasteiger partial charge on any atom is -0.459 e. The Bertz CT molecular complexity index is 786. The topological polar surface area (TPSA) is 84.9 Å². The SMILES string of the molecule is CC(C)(C)OC(=O)NC1C[C@@H]2CC3CC1[C@H](OC(=O)C(C)(C)C)C2N(C(=O)CC(F)(F)F)C3. The predicted molar refractivity (Wildman–Crippen MR) is 113 cm³/mol. The second-order valence-electron chi connectivity index (χ2n) is 11.7. The van der Waals surface area contributed by atoms with Gasteiger partial charge in [0.05, 0.1) is 11.5 Å². The first-order valence-corrected chi connectivity index (χ1v) is 11.5. The number of alkyl carbamates (subject to hydrolysis) is 1. The van der Waals surface area contributed by atoms with Gasteiger partial charge >= 0.3 is 18.2 Å². The monoisotopic (exact) mass is 476 g/mol. The van der Waals surface area contributed by atoms with Gasteiger partial charge in [-0.3, -0.25) is 9.59 Å². The van der Waals surface area contributed by atoms with E-state index in [0.29, 0.717) is 19.3 Å². The van der Waals surface area contributed by atoms with Crippen LogP contribution in [-0.2, 0) is 19.1 Å². The largest absolute Gasteiger partial charge is 0.459 e. The molecule has 2 aliphatic heterocycles. The van der Waals surface area contributed by atoms with Crippen LogP contribution in [0.25, 0.3) is 0 Å². The van der Waals surface area contributed by atoms with E-state index in [9.17, 15) is 27.6 Å². The molecule has 10 heteroatoms. The van der Waals surface area contributed by atoms with Gasteiger partial charge in [0.2, 0.25) is 5.91 Å². The van der Waals surface area contributed by atoms with Gasteiger partial charge in [-0.15, -0.1) is 0 Å². The molecule has 2 heterocycles. The van der Waals surface area contributed by atoms with Crippen LogP contribution in [0.5, 0.6) is 0 Å². The third-order valence-electron chi connectivity index (χ3n) is 6.60. The van der Waals surface area contributed by atoms with Gasteiger partial charge in [-0.2, -0.15) is 13.2 Å². The summed E-state index contributed by atoms with van der Waals surface area (Å²) in [7, 11) is 0. The quantitative estimate of drug-likeness (QED) is 0.622. The molecule has 5 rings (SSSR count). The van der Waals surface area contributed by atoms with Gasteiger partial charge in [-0.05, 0) is 72.6 Å². The van der Waals surface area contributed by atoms with Gasteiger partial charge in [0.1, 0.15) is 18.1 Å². The fraction of sp³-hybridized carbons (Fsp3) is 0.870. The molecule has 5 fully saturated rings. The second kappa shape index (κ2) is 8.65. The van der Waals surface area contributed by atoms with Crippen molar-refractivity contribution in [3.63, 3.8) is 0 Å². The fourth-order valence-electron chi connectivity index (χ4n) is 5.44. The maximum atomic E-state index is 13.0. The summed E-state index contributed by atoms with van der Waals surface area (Å²) in [5, 5.41) is 2.90. The predicted octanol–water partition coefficient (Wildman–Crippen LogP) is 4.05. The summed E-state index contributed by atoms with van der Waals surface area (Å²) in [4.78, 5) is 39.2. The van der Waals surface area contributed by atoms with Gasteiger partial charge in [0.15, 0.2) is 0 Å². The van der Waals surface area contributed by atoms with E-state index in [2.05, 4.69) is 5.32 Å². The van der Waals surface area contributed by atoms with Crippen molar-refractivity contribution in [2.24, 2.45) is 23.2 Å². The Morgan fingerprint density at radius 3 is 2.18 bits per heavy atom. The molecule has 4 bridgehead atoms. The first-order chi connectivity index (χ1) is 14.9. The van der Waals surface area contributed by atoms with Gasteiger partial charge < -0.3 is 19.7 Å². The molecule has 0 aromatic rings. The normalized spacial score (nSPS) is 31.7. The number of fused-ring (bicyclic) bond motifs is 2. The van der Waals surface area contributed by atoms with E-state index in [0.717, 1.165) is 0 Å². The number of esters is 1. The number of halogens is 3. The van der Waals surface area contributed by atoms with Crippen LogP contribution >= 0.6 is 0 Å². The molecule has 2 saturated heterocycles. The third-order valence-corrected chi connectivity index (χ3v) is 6.60. The molecule has 6 atom stereocenters. The minimum atomic E-state index is -4.61. The fourth-order valence-corrected chi connectivity index (χ4v) is 5.44. The van der Waals surface area contributed by atoms with Gasteiger partial charge in [0, 0.05) is 18.5 Å². The van der Waals surface area contributed by atoms with Crippen molar-refractivity contribution in [1.29, 1.82) is 0 Å². The summed E-state index contributed by atoms with van der Waals surface area (Å²) in [6.07, 6.45) is -5.77. The van der Waals surface area contributed by atoms with Crippen LogP contribution in [0.2, 0.25) is 0 Å². The molecule has 5 aliphatic rings. The van der Waals surface area contributed by atoms with Crippen molar-refractivity contribution < 1.29 is 37.0 Å². The molecule has 188 valence electrons. The number of rotatable bonds is 3. The molecule has 1 N–H and O–H groups in total. The first kappa shape index (κ1) is 25.6. The highest BCUT2D eigenvalue weighted by molar-refractivity contribution is 5.78. The minimum absolute atomic E-state index is 0.0165. The average molecular weight is 477 g/mol. The van der Waals surface area contributed by atoms with E-state index in [-0.39, 0.29) is 30.3 Å². The van der Waals surface area contributed by atoms with Crippen LogP contribution in [0.3, 0.4) is 0 Å². The molecular weight excluding hydrogens is 441 g/mol. The highest BCUT2D eigenvalue weighted by atomic mass is 19.4. The van der Waals surface area contributed by atoms with E-state index in [1.165, 1.54) is 4.90 Å². The summed E-state index contributed by atoms with van der Waals surface area (Å²) in [5.41, 5.74) is -1.51. The Hall–Kier alpha value is -2.00. The zero-order valence-corrected chi connectivity index (χ0v) is 20.1. The van der Waals surface area contributed by atoms with E-state index >= 15 is 0 Å². The van der Waals surface area contributed by atoms with E-state index in [1.807, 2.05) is 0 Å². The molecule has 2 amide bonds. The van der Waals surface area contributed by atoms with Crippen molar-refractivity contribution in [1.82, 2.24) is 10.2 Å². The standard InChI is InChI=1S/C23H35F3N2O5/c1-21(2,3)19(30)32-18-14-8-12-7-13(9-15(14)27-20(31)33-22(4,5)6)17(18)28(11-12)16(29)10-23(24,25)26/h12-15,17-18H,7-11H2,1-6H3,(H,27,31)/t12?,13-,14?,15?,17?,18-/m0/s1. The zero-order chi connectivity index (χ0) is 24.9. The molecule has 0 aromatic carbocycles. The zero-order valence-electron chi connectivity index (χ0n) is 20.1. The van der Waals surface area contributed by atoms with Crippen LogP contribution in [-0.4, -0.2) is 59.4 Å². The van der Waals surface area contributed by atoms with E-state index < -0.39 is 53.7 Å². The van der Waals surface area contributed by atoms with Crippen LogP contribution in [0.15, 0.2) is 0 Å². The van der Waals surface area contributed by atoms with Crippen molar-refractivity contribution in [2.45, 2.75) is 97.2 Å².